The van der Waals surface area contributed by atoms with E-state index in [4.69, 9.17) is 0 Å². The van der Waals surface area contributed by atoms with Crippen LogP contribution in [0.3, 0.4) is 0 Å². The van der Waals surface area contributed by atoms with Crippen LogP contribution in [0.5, 0.6) is 0 Å². The fourth-order valence-corrected chi connectivity index (χ4v) is 2.05. The maximum Gasteiger partial charge on any atom is 0.129 e. The van der Waals surface area contributed by atoms with Gasteiger partial charge in [0, 0.05) is 9.13 Å². The first-order valence-corrected chi connectivity index (χ1v) is 5.94. The minimum Gasteiger partial charge on any atom is -0.384 e. The fourth-order valence-electron chi connectivity index (χ4n) is 1.54. The summed E-state index contributed by atoms with van der Waals surface area (Å²) in [7, 11) is 0. The lowest BCUT2D eigenvalue weighted by atomic mass is 10.0. The van der Waals surface area contributed by atoms with Crippen LogP contribution in [-0.4, -0.2) is 5.11 Å². The van der Waals surface area contributed by atoms with Gasteiger partial charge >= 0.3 is 0 Å². The summed E-state index contributed by atoms with van der Waals surface area (Å²) in [6, 6.07) is 13.8. The molecule has 1 N–H and O–H groups in total. The van der Waals surface area contributed by atoms with Gasteiger partial charge in [-0.25, -0.2) is 4.39 Å². The molecule has 0 spiro atoms. The van der Waals surface area contributed by atoms with Crippen LogP contribution in [0.2, 0.25) is 0 Å². The predicted molar refractivity (Wildman–Crippen MR) is 69.6 cm³/mol. The highest BCUT2D eigenvalue weighted by molar-refractivity contribution is 14.1. The highest BCUT2D eigenvalue weighted by atomic mass is 127. The van der Waals surface area contributed by atoms with Crippen molar-refractivity contribution in [3.8, 4) is 0 Å². The lowest BCUT2D eigenvalue weighted by molar-refractivity contribution is 0.215. The Balaban J connectivity index is 2.41. The van der Waals surface area contributed by atoms with E-state index in [1.165, 1.54) is 6.07 Å². The Hall–Kier alpha value is -0.940. The summed E-state index contributed by atoms with van der Waals surface area (Å²) in [4.78, 5) is 0. The maximum atomic E-state index is 13.5. The molecule has 2 aromatic rings. The number of hydrogen-bond donors (Lipinski definition) is 1. The van der Waals surface area contributed by atoms with Gasteiger partial charge in [-0.15, -0.1) is 0 Å². The van der Waals surface area contributed by atoms with Gasteiger partial charge in [0.05, 0.1) is 0 Å². The second-order valence-electron chi connectivity index (χ2n) is 3.48. The maximum absolute atomic E-state index is 13.5. The van der Waals surface area contributed by atoms with E-state index in [0.29, 0.717) is 11.1 Å². The van der Waals surface area contributed by atoms with Crippen LogP contribution in [-0.2, 0) is 0 Å². The van der Waals surface area contributed by atoms with E-state index in [2.05, 4.69) is 22.6 Å². The summed E-state index contributed by atoms with van der Waals surface area (Å²) < 4.78 is 14.4. The zero-order chi connectivity index (χ0) is 11.5. The van der Waals surface area contributed by atoms with E-state index in [0.717, 1.165) is 3.57 Å². The first-order chi connectivity index (χ1) is 7.68. The first kappa shape index (κ1) is 11.5. The molecule has 0 heterocycles. The Morgan fingerprint density at radius 3 is 2.44 bits per heavy atom. The Morgan fingerprint density at radius 2 is 1.75 bits per heavy atom. The Labute approximate surface area is 107 Å². The highest BCUT2D eigenvalue weighted by Gasteiger charge is 2.14. The molecular formula is C13H10FIO. The molecular weight excluding hydrogens is 318 g/mol. The molecule has 0 fully saturated rings. The first-order valence-electron chi connectivity index (χ1n) is 4.86. The summed E-state index contributed by atoms with van der Waals surface area (Å²) in [6.45, 7) is 0. The zero-order valence-electron chi connectivity index (χ0n) is 8.40. The molecule has 1 nitrogen and oxygen atoms in total. The highest BCUT2D eigenvalue weighted by Crippen LogP contribution is 2.25. The fraction of sp³-hybridized carbons (Fsp3) is 0.0769. The molecule has 2 rings (SSSR count). The summed E-state index contributed by atoms with van der Waals surface area (Å²) in [5.74, 6) is -0.378. The second kappa shape index (κ2) is 4.93. The van der Waals surface area contributed by atoms with Crippen molar-refractivity contribution in [2.24, 2.45) is 0 Å². The van der Waals surface area contributed by atoms with Crippen molar-refractivity contribution in [2.45, 2.75) is 6.10 Å². The zero-order valence-corrected chi connectivity index (χ0v) is 10.6. The molecule has 0 aliphatic heterocycles. The average Bonchev–Trinajstić information content (AvgIpc) is 2.32. The van der Waals surface area contributed by atoms with E-state index in [1.807, 2.05) is 18.2 Å². The predicted octanol–water partition coefficient (Wildman–Crippen LogP) is 3.51. The van der Waals surface area contributed by atoms with Gasteiger partial charge in [-0.1, -0.05) is 30.3 Å². The SMILES string of the molecule is OC(c1ccccc1)c1cc(I)ccc1F. The van der Waals surface area contributed by atoms with Gasteiger partial charge in [0.1, 0.15) is 11.9 Å². The number of aliphatic hydroxyl groups is 1. The molecule has 0 aromatic heterocycles. The molecule has 16 heavy (non-hydrogen) atoms. The molecule has 0 radical (unpaired) electrons. The van der Waals surface area contributed by atoms with Gasteiger partial charge < -0.3 is 5.11 Å². The molecule has 0 bridgehead atoms. The molecule has 0 saturated carbocycles. The molecule has 3 heteroatoms. The Morgan fingerprint density at radius 1 is 1.06 bits per heavy atom. The van der Waals surface area contributed by atoms with Crippen molar-refractivity contribution in [3.05, 3.63) is 69.0 Å². The Bertz CT molecular complexity index is 485. The van der Waals surface area contributed by atoms with Crippen LogP contribution >= 0.6 is 22.6 Å². The van der Waals surface area contributed by atoms with Crippen molar-refractivity contribution in [1.29, 1.82) is 0 Å². The molecule has 0 aliphatic rings. The quantitative estimate of drug-likeness (QED) is 0.837. The molecule has 1 unspecified atom stereocenters. The third-order valence-corrected chi connectivity index (χ3v) is 3.04. The topological polar surface area (TPSA) is 20.2 Å². The van der Waals surface area contributed by atoms with Crippen LogP contribution in [0, 0.1) is 9.39 Å². The van der Waals surface area contributed by atoms with E-state index in [-0.39, 0.29) is 5.82 Å². The van der Waals surface area contributed by atoms with Crippen LogP contribution in [0.25, 0.3) is 0 Å². The van der Waals surface area contributed by atoms with Gasteiger partial charge in [-0.05, 0) is 46.4 Å². The number of hydrogen-bond acceptors (Lipinski definition) is 1. The van der Waals surface area contributed by atoms with Crippen LogP contribution < -0.4 is 0 Å². The van der Waals surface area contributed by atoms with Gasteiger partial charge in [0.25, 0.3) is 0 Å². The summed E-state index contributed by atoms with van der Waals surface area (Å²) >= 11 is 2.10. The smallest absolute Gasteiger partial charge is 0.129 e. The molecule has 1 atom stereocenters. The van der Waals surface area contributed by atoms with E-state index >= 15 is 0 Å². The molecule has 82 valence electrons. The van der Waals surface area contributed by atoms with Gasteiger partial charge in [-0.3, -0.25) is 0 Å². The largest absolute Gasteiger partial charge is 0.384 e. The van der Waals surface area contributed by atoms with Crippen molar-refractivity contribution in [1.82, 2.24) is 0 Å². The van der Waals surface area contributed by atoms with Crippen molar-refractivity contribution < 1.29 is 9.50 Å². The third-order valence-electron chi connectivity index (χ3n) is 2.37. The lowest BCUT2D eigenvalue weighted by Crippen LogP contribution is -2.02. The van der Waals surface area contributed by atoms with Crippen molar-refractivity contribution >= 4 is 22.6 Å². The van der Waals surface area contributed by atoms with Crippen LogP contribution in [0.1, 0.15) is 17.2 Å². The normalized spacial score (nSPS) is 12.4. The standard InChI is InChI=1S/C13H10FIO/c14-12-7-6-10(15)8-11(12)13(16)9-4-2-1-3-5-9/h1-8,13,16H. The number of halogens is 2. The Kier molecular flexibility index (Phi) is 3.56. The minimum atomic E-state index is -0.907. The van der Waals surface area contributed by atoms with Gasteiger partial charge in [0.15, 0.2) is 0 Å². The van der Waals surface area contributed by atoms with E-state index < -0.39 is 6.10 Å². The number of benzene rings is 2. The molecule has 0 aliphatic carbocycles. The monoisotopic (exact) mass is 328 g/mol. The lowest BCUT2D eigenvalue weighted by Gasteiger charge is -2.12. The molecule has 0 saturated heterocycles. The average molecular weight is 328 g/mol. The van der Waals surface area contributed by atoms with Crippen LogP contribution in [0.15, 0.2) is 48.5 Å². The van der Waals surface area contributed by atoms with E-state index in [9.17, 15) is 9.50 Å². The van der Waals surface area contributed by atoms with Gasteiger partial charge in [-0.2, -0.15) is 0 Å². The minimum absolute atomic E-state index is 0.318. The molecule has 0 amide bonds. The van der Waals surface area contributed by atoms with E-state index in [1.54, 1.807) is 24.3 Å². The van der Waals surface area contributed by atoms with Crippen molar-refractivity contribution in [3.63, 3.8) is 0 Å². The van der Waals surface area contributed by atoms with Crippen molar-refractivity contribution in [2.75, 3.05) is 0 Å². The third kappa shape index (κ3) is 2.41. The summed E-state index contributed by atoms with van der Waals surface area (Å²) in [6.07, 6.45) is -0.907. The molecule has 2 aromatic carbocycles. The van der Waals surface area contributed by atoms with Crippen LogP contribution in [0.4, 0.5) is 4.39 Å². The van der Waals surface area contributed by atoms with Gasteiger partial charge in [0.2, 0.25) is 0 Å². The number of rotatable bonds is 2. The summed E-state index contributed by atoms with van der Waals surface area (Å²) in [5.41, 5.74) is 1.02. The second-order valence-corrected chi connectivity index (χ2v) is 4.72. The number of aliphatic hydroxyl groups excluding tert-OH is 1. The summed E-state index contributed by atoms with van der Waals surface area (Å²) in [5, 5.41) is 10.1.